The normalized spacial score (nSPS) is 10.9. The van der Waals surface area contributed by atoms with Gasteiger partial charge < -0.3 is 19.1 Å². The van der Waals surface area contributed by atoms with Crippen LogP contribution in [0.5, 0.6) is 17.2 Å². The van der Waals surface area contributed by atoms with E-state index in [1.165, 1.54) is 0 Å². The molecule has 0 aliphatic rings. The lowest BCUT2D eigenvalue weighted by molar-refractivity contribution is 0.405. The molecule has 0 bridgehead atoms. The smallest absolute Gasteiger partial charge is 0.165 e. The van der Waals surface area contributed by atoms with Crippen molar-refractivity contribution in [1.29, 1.82) is 0 Å². The zero-order chi connectivity index (χ0) is 23.6. The van der Waals surface area contributed by atoms with Crippen molar-refractivity contribution in [2.75, 3.05) is 27.1 Å². The molecule has 3 aromatic carbocycles. The second-order valence-corrected chi connectivity index (χ2v) is 8.84. The molecular formula is C26H30ClIN2O3S. The van der Waals surface area contributed by atoms with Crippen molar-refractivity contribution in [3.63, 3.8) is 0 Å². The fraction of sp³-hybridized carbons (Fsp3) is 0.269. The van der Waals surface area contributed by atoms with E-state index in [4.69, 9.17) is 30.8 Å². The van der Waals surface area contributed by atoms with Gasteiger partial charge in [0, 0.05) is 19.2 Å². The van der Waals surface area contributed by atoms with Crippen LogP contribution in [0, 0.1) is 0 Å². The molecule has 3 aromatic rings. The number of thioether (sulfide) groups is 1. The first kappa shape index (κ1) is 28.1. The molecule has 0 aromatic heterocycles. The fourth-order valence-corrected chi connectivity index (χ4v) is 4.12. The molecule has 0 radical (unpaired) electrons. The topological polar surface area (TPSA) is 43.3 Å². The number of amidine groups is 1. The van der Waals surface area contributed by atoms with Gasteiger partial charge in [-0.1, -0.05) is 54.6 Å². The van der Waals surface area contributed by atoms with Gasteiger partial charge in [-0.15, -0.1) is 24.0 Å². The van der Waals surface area contributed by atoms with Crippen molar-refractivity contribution < 1.29 is 14.2 Å². The highest BCUT2D eigenvalue weighted by atomic mass is 127. The lowest BCUT2D eigenvalue weighted by Gasteiger charge is -2.26. The average Bonchev–Trinajstić information content (AvgIpc) is 2.85. The highest BCUT2D eigenvalue weighted by molar-refractivity contribution is 14.0. The standard InChI is InChI=1S/C26H29ClN2O3S.HI/c1-5-33-26(28-25-16-23(32-4)14-15-24(25)27)29(17-19-6-10-21(30-2)11-7-19)18-20-8-12-22(31-3)13-9-20;/h6-16H,5,17-18H2,1-4H3;1H. The molecule has 0 aliphatic carbocycles. The van der Waals surface area contributed by atoms with Crippen LogP contribution in [0.15, 0.2) is 71.7 Å². The van der Waals surface area contributed by atoms with Crippen molar-refractivity contribution in [2.45, 2.75) is 20.0 Å². The Morgan fingerprint density at radius 3 is 1.71 bits per heavy atom. The first-order chi connectivity index (χ1) is 16.1. The van der Waals surface area contributed by atoms with E-state index in [1.54, 1.807) is 33.1 Å². The average molecular weight is 613 g/mol. The molecule has 0 amide bonds. The van der Waals surface area contributed by atoms with Crippen molar-refractivity contribution in [2.24, 2.45) is 4.99 Å². The van der Waals surface area contributed by atoms with Gasteiger partial charge in [-0.25, -0.2) is 4.99 Å². The molecular weight excluding hydrogens is 583 g/mol. The molecule has 0 saturated carbocycles. The summed E-state index contributed by atoms with van der Waals surface area (Å²) in [7, 11) is 4.98. The number of benzene rings is 3. The van der Waals surface area contributed by atoms with Gasteiger partial charge in [-0.05, 0) is 53.3 Å². The van der Waals surface area contributed by atoms with E-state index >= 15 is 0 Å². The summed E-state index contributed by atoms with van der Waals surface area (Å²) < 4.78 is 16.0. The predicted molar refractivity (Wildman–Crippen MR) is 154 cm³/mol. The van der Waals surface area contributed by atoms with Crippen LogP contribution in [0.1, 0.15) is 18.1 Å². The monoisotopic (exact) mass is 612 g/mol. The third-order valence-electron chi connectivity index (χ3n) is 4.98. The lowest BCUT2D eigenvalue weighted by atomic mass is 10.1. The molecule has 0 heterocycles. The number of ether oxygens (including phenoxy) is 3. The van der Waals surface area contributed by atoms with Crippen LogP contribution < -0.4 is 14.2 Å². The zero-order valence-electron chi connectivity index (χ0n) is 19.8. The Morgan fingerprint density at radius 1 is 0.794 bits per heavy atom. The minimum Gasteiger partial charge on any atom is -0.497 e. The highest BCUT2D eigenvalue weighted by Crippen LogP contribution is 2.31. The van der Waals surface area contributed by atoms with Gasteiger partial charge in [-0.2, -0.15) is 0 Å². The van der Waals surface area contributed by atoms with Gasteiger partial charge in [0.15, 0.2) is 5.17 Å². The summed E-state index contributed by atoms with van der Waals surface area (Å²) in [6, 6.07) is 21.7. The molecule has 0 saturated heterocycles. The number of nitrogens with zero attached hydrogens (tertiary/aromatic N) is 2. The molecule has 0 atom stereocenters. The van der Waals surface area contributed by atoms with Crippen LogP contribution in [0.25, 0.3) is 0 Å². The number of rotatable bonds is 9. The van der Waals surface area contributed by atoms with Crippen LogP contribution in [-0.2, 0) is 13.1 Å². The summed E-state index contributed by atoms with van der Waals surface area (Å²) in [5.74, 6) is 3.26. The van der Waals surface area contributed by atoms with E-state index in [0.29, 0.717) is 23.8 Å². The van der Waals surface area contributed by atoms with E-state index in [9.17, 15) is 0 Å². The Hall–Kier alpha value is -2.10. The number of hydrogen-bond acceptors (Lipinski definition) is 5. The molecule has 0 fully saturated rings. The third-order valence-corrected chi connectivity index (χ3v) is 6.19. The fourth-order valence-electron chi connectivity index (χ4n) is 3.23. The van der Waals surface area contributed by atoms with E-state index in [1.807, 2.05) is 42.5 Å². The molecule has 3 rings (SSSR count). The van der Waals surface area contributed by atoms with Gasteiger partial charge in [0.1, 0.15) is 17.2 Å². The highest BCUT2D eigenvalue weighted by Gasteiger charge is 2.15. The van der Waals surface area contributed by atoms with Gasteiger partial charge in [-0.3, -0.25) is 0 Å². The second kappa shape index (κ2) is 14.3. The zero-order valence-corrected chi connectivity index (χ0v) is 23.7. The molecule has 0 spiro atoms. The summed E-state index contributed by atoms with van der Waals surface area (Å²) in [6.45, 7) is 3.49. The summed E-state index contributed by atoms with van der Waals surface area (Å²) >= 11 is 8.15. The van der Waals surface area contributed by atoms with E-state index in [2.05, 4.69) is 36.1 Å². The van der Waals surface area contributed by atoms with Crippen LogP contribution in [0.3, 0.4) is 0 Å². The van der Waals surface area contributed by atoms with Crippen LogP contribution >= 0.6 is 47.3 Å². The minimum absolute atomic E-state index is 0. The number of aliphatic imine (C=N–C) groups is 1. The number of methoxy groups -OCH3 is 3. The maximum atomic E-state index is 6.47. The van der Waals surface area contributed by atoms with Gasteiger partial charge in [0.25, 0.3) is 0 Å². The molecule has 0 N–H and O–H groups in total. The predicted octanol–water partition coefficient (Wildman–Crippen LogP) is 7.43. The molecule has 0 aliphatic heterocycles. The lowest BCUT2D eigenvalue weighted by Crippen LogP contribution is -2.28. The van der Waals surface area contributed by atoms with Crippen molar-refractivity contribution in [3.05, 3.63) is 82.9 Å². The SMILES string of the molecule is CCSC(=Nc1cc(OC)ccc1Cl)N(Cc1ccc(OC)cc1)Cc1ccc(OC)cc1.I. The number of hydrogen-bond donors (Lipinski definition) is 0. The Kier molecular flexibility index (Phi) is 11.9. The second-order valence-electron chi connectivity index (χ2n) is 7.20. The quantitative estimate of drug-likeness (QED) is 0.143. The number of halogens is 2. The first-order valence-corrected chi connectivity index (χ1v) is 12.0. The van der Waals surface area contributed by atoms with Crippen molar-refractivity contribution >= 4 is 58.2 Å². The maximum Gasteiger partial charge on any atom is 0.165 e. The molecule has 5 nitrogen and oxygen atoms in total. The largest absolute Gasteiger partial charge is 0.497 e. The molecule has 8 heteroatoms. The first-order valence-electron chi connectivity index (χ1n) is 10.6. The van der Waals surface area contributed by atoms with Gasteiger partial charge in [0.05, 0.1) is 32.0 Å². The molecule has 34 heavy (non-hydrogen) atoms. The Bertz CT molecular complexity index is 1010. The van der Waals surface area contributed by atoms with Gasteiger partial charge >= 0.3 is 0 Å². The summed E-state index contributed by atoms with van der Waals surface area (Å²) in [5, 5.41) is 1.47. The summed E-state index contributed by atoms with van der Waals surface area (Å²) in [5.41, 5.74) is 3.00. The Balaban J connectivity index is 0.00000408. The van der Waals surface area contributed by atoms with E-state index < -0.39 is 0 Å². The molecule has 182 valence electrons. The third kappa shape index (κ3) is 7.99. The van der Waals surface area contributed by atoms with Crippen LogP contribution in [0.2, 0.25) is 5.02 Å². The van der Waals surface area contributed by atoms with Crippen LogP contribution in [0.4, 0.5) is 5.69 Å². The van der Waals surface area contributed by atoms with E-state index in [-0.39, 0.29) is 24.0 Å². The van der Waals surface area contributed by atoms with Crippen LogP contribution in [-0.4, -0.2) is 37.1 Å². The summed E-state index contributed by atoms with van der Waals surface area (Å²) in [4.78, 5) is 7.22. The Morgan fingerprint density at radius 2 is 1.26 bits per heavy atom. The van der Waals surface area contributed by atoms with Crippen molar-refractivity contribution in [1.82, 2.24) is 4.90 Å². The summed E-state index contributed by atoms with van der Waals surface area (Å²) in [6.07, 6.45) is 0. The van der Waals surface area contributed by atoms with Gasteiger partial charge in [0.2, 0.25) is 0 Å². The van der Waals surface area contributed by atoms with E-state index in [0.717, 1.165) is 39.3 Å². The maximum absolute atomic E-state index is 6.47. The molecule has 0 unspecified atom stereocenters. The minimum atomic E-state index is 0. The Labute approximate surface area is 228 Å². The van der Waals surface area contributed by atoms with Crippen molar-refractivity contribution in [3.8, 4) is 17.2 Å².